The number of nitrogens with zero attached hydrogens (tertiary/aromatic N) is 2. The molecule has 3 aromatic rings. The maximum Gasteiger partial charge on any atom is 0.277 e. The Labute approximate surface area is 135 Å². The number of nitrogen functional groups attached to an aromatic ring is 1. The van der Waals surface area contributed by atoms with Gasteiger partial charge in [0.25, 0.3) is 5.91 Å². The van der Waals surface area contributed by atoms with Crippen LogP contribution >= 0.6 is 11.3 Å². The number of amides is 1. The summed E-state index contributed by atoms with van der Waals surface area (Å²) < 4.78 is 13.5. The predicted octanol–water partition coefficient (Wildman–Crippen LogP) is 3.12. The zero-order valence-electron chi connectivity index (χ0n) is 12.5. The topological polar surface area (TPSA) is 96.7 Å². The van der Waals surface area contributed by atoms with E-state index in [1.54, 1.807) is 13.0 Å². The molecule has 0 aliphatic heterocycles. The highest BCUT2D eigenvalue weighted by molar-refractivity contribution is 7.19. The maximum atomic E-state index is 13.5. The summed E-state index contributed by atoms with van der Waals surface area (Å²) in [6.45, 7) is 3.63. The van der Waals surface area contributed by atoms with Gasteiger partial charge in [-0.25, -0.2) is 9.37 Å². The number of thiazole rings is 1. The van der Waals surface area contributed by atoms with Gasteiger partial charge in [0.05, 0.1) is 17.6 Å². The number of halogens is 1. The molecule has 118 valence electrons. The summed E-state index contributed by atoms with van der Waals surface area (Å²) in [5.74, 6) is -0.789. The van der Waals surface area contributed by atoms with Crippen LogP contribution in [0.3, 0.4) is 0 Å². The van der Waals surface area contributed by atoms with Crippen molar-refractivity contribution in [3.63, 3.8) is 0 Å². The number of carbonyl (C=O) groups excluding carboxylic acids is 1. The highest BCUT2D eigenvalue weighted by atomic mass is 32.1. The molecule has 0 aliphatic rings. The molecule has 6 nitrogen and oxygen atoms in total. The van der Waals surface area contributed by atoms with Gasteiger partial charge in [-0.2, -0.15) is 5.10 Å². The Kier molecular flexibility index (Phi) is 3.83. The molecular formula is C15H14FN5OS. The van der Waals surface area contributed by atoms with E-state index in [4.69, 9.17) is 5.73 Å². The van der Waals surface area contributed by atoms with Crippen molar-refractivity contribution in [3.05, 3.63) is 47.2 Å². The zero-order chi connectivity index (χ0) is 16.6. The number of H-pyrrole nitrogens is 1. The molecule has 1 aromatic carbocycles. The summed E-state index contributed by atoms with van der Waals surface area (Å²) >= 11 is 1.15. The Morgan fingerprint density at radius 3 is 2.87 bits per heavy atom. The molecule has 0 aliphatic carbocycles. The number of carbonyl (C=O) groups is 1. The largest absolute Gasteiger partial charge is 0.389 e. The van der Waals surface area contributed by atoms with Crippen molar-refractivity contribution in [1.29, 1.82) is 0 Å². The number of aromatic amines is 1. The number of anilines is 2. The fourth-order valence-electron chi connectivity index (χ4n) is 2.09. The molecule has 0 saturated carbocycles. The number of hydrogen-bond acceptors (Lipinski definition) is 5. The minimum atomic E-state index is -0.427. The Balaban J connectivity index is 1.93. The Morgan fingerprint density at radius 2 is 2.17 bits per heavy atom. The van der Waals surface area contributed by atoms with E-state index >= 15 is 0 Å². The van der Waals surface area contributed by atoms with Gasteiger partial charge in [-0.05, 0) is 31.5 Å². The summed E-state index contributed by atoms with van der Waals surface area (Å²) in [6, 6.07) is 4.43. The average molecular weight is 331 g/mol. The Bertz CT molecular complexity index is 886. The maximum absolute atomic E-state index is 13.5. The van der Waals surface area contributed by atoms with Crippen molar-refractivity contribution in [2.24, 2.45) is 0 Å². The standard InChI is InChI=1S/C15H14FN5OS/c1-7-3-4-9(16)5-10(7)15-20-12(13(17)23-15)14(22)19-11-6-18-21-8(11)2/h3-6H,17H2,1-2H3,(H,18,21)(H,19,22). The molecule has 3 rings (SSSR count). The second-order valence-corrected chi connectivity index (χ2v) is 6.08. The monoisotopic (exact) mass is 331 g/mol. The fourth-order valence-corrected chi connectivity index (χ4v) is 3.00. The molecule has 1 amide bonds. The molecule has 2 heterocycles. The zero-order valence-corrected chi connectivity index (χ0v) is 13.3. The van der Waals surface area contributed by atoms with E-state index < -0.39 is 5.91 Å². The lowest BCUT2D eigenvalue weighted by molar-refractivity contribution is 0.102. The molecule has 0 fully saturated rings. The van der Waals surface area contributed by atoms with E-state index in [9.17, 15) is 9.18 Å². The lowest BCUT2D eigenvalue weighted by Crippen LogP contribution is -2.14. The molecule has 23 heavy (non-hydrogen) atoms. The molecule has 0 atom stereocenters. The first-order chi connectivity index (χ1) is 11.0. The van der Waals surface area contributed by atoms with Gasteiger partial charge in [0.2, 0.25) is 0 Å². The van der Waals surface area contributed by atoms with Crippen LogP contribution in [0.25, 0.3) is 10.6 Å². The van der Waals surface area contributed by atoms with Gasteiger partial charge in [0, 0.05) is 5.56 Å². The van der Waals surface area contributed by atoms with E-state index in [0.29, 0.717) is 16.3 Å². The van der Waals surface area contributed by atoms with Crippen LogP contribution < -0.4 is 11.1 Å². The van der Waals surface area contributed by atoms with Crippen molar-refractivity contribution in [2.75, 3.05) is 11.1 Å². The van der Waals surface area contributed by atoms with Crippen LogP contribution in [0.4, 0.5) is 15.1 Å². The van der Waals surface area contributed by atoms with Gasteiger partial charge in [-0.1, -0.05) is 17.4 Å². The number of hydrogen-bond donors (Lipinski definition) is 3. The molecular weight excluding hydrogens is 317 g/mol. The molecule has 0 bridgehead atoms. The SMILES string of the molecule is Cc1ccc(F)cc1-c1nc(C(=O)Nc2cn[nH]c2C)c(N)s1. The summed E-state index contributed by atoms with van der Waals surface area (Å²) in [4.78, 5) is 16.6. The van der Waals surface area contributed by atoms with Crippen molar-refractivity contribution in [3.8, 4) is 10.6 Å². The third-order valence-electron chi connectivity index (χ3n) is 3.38. The van der Waals surface area contributed by atoms with Crippen LogP contribution in [0.5, 0.6) is 0 Å². The van der Waals surface area contributed by atoms with Gasteiger partial charge in [-0.3, -0.25) is 9.89 Å². The lowest BCUT2D eigenvalue weighted by atomic mass is 10.1. The molecule has 0 spiro atoms. The van der Waals surface area contributed by atoms with E-state index in [0.717, 1.165) is 22.6 Å². The lowest BCUT2D eigenvalue weighted by Gasteiger charge is -2.02. The van der Waals surface area contributed by atoms with E-state index in [1.807, 2.05) is 6.92 Å². The van der Waals surface area contributed by atoms with E-state index in [2.05, 4.69) is 20.5 Å². The van der Waals surface area contributed by atoms with Crippen molar-refractivity contribution < 1.29 is 9.18 Å². The van der Waals surface area contributed by atoms with Crippen molar-refractivity contribution in [2.45, 2.75) is 13.8 Å². The Hall–Kier alpha value is -2.74. The highest BCUT2D eigenvalue weighted by Crippen LogP contribution is 2.32. The van der Waals surface area contributed by atoms with Crippen molar-refractivity contribution in [1.82, 2.24) is 15.2 Å². The van der Waals surface area contributed by atoms with Crippen LogP contribution in [0.15, 0.2) is 24.4 Å². The number of aryl methyl sites for hydroxylation is 2. The minimum Gasteiger partial charge on any atom is -0.389 e. The van der Waals surface area contributed by atoms with Crippen LogP contribution in [0, 0.1) is 19.7 Å². The third-order valence-corrected chi connectivity index (χ3v) is 4.29. The fraction of sp³-hybridized carbons (Fsp3) is 0.133. The number of benzene rings is 1. The quantitative estimate of drug-likeness (QED) is 0.687. The summed E-state index contributed by atoms with van der Waals surface area (Å²) in [5.41, 5.74) is 8.81. The summed E-state index contributed by atoms with van der Waals surface area (Å²) in [5, 5.41) is 10.0. The number of nitrogens with one attached hydrogen (secondary N) is 2. The molecule has 0 radical (unpaired) electrons. The van der Waals surface area contributed by atoms with Crippen LogP contribution in [-0.4, -0.2) is 21.1 Å². The van der Waals surface area contributed by atoms with E-state index in [-0.39, 0.29) is 16.5 Å². The van der Waals surface area contributed by atoms with Gasteiger partial charge in [0.15, 0.2) is 5.69 Å². The van der Waals surface area contributed by atoms with Crippen LogP contribution in [0.1, 0.15) is 21.7 Å². The highest BCUT2D eigenvalue weighted by Gasteiger charge is 2.19. The summed E-state index contributed by atoms with van der Waals surface area (Å²) in [7, 11) is 0. The smallest absolute Gasteiger partial charge is 0.277 e. The first-order valence-electron chi connectivity index (χ1n) is 6.80. The molecule has 4 N–H and O–H groups in total. The number of aromatic nitrogens is 3. The molecule has 0 unspecified atom stereocenters. The van der Waals surface area contributed by atoms with Gasteiger partial charge in [0.1, 0.15) is 15.8 Å². The number of rotatable bonds is 3. The van der Waals surface area contributed by atoms with Gasteiger partial charge >= 0.3 is 0 Å². The summed E-state index contributed by atoms with van der Waals surface area (Å²) in [6.07, 6.45) is 1.51. The van der Waals surface area contributed by atoms with Crippen molar-refractivity contribution >= 4 is 27.9 Å². The van der Waals surface area contributed by atoms with Gasteiger partial charge < -0.3 is 11.1 Å². The first-order valence-corrected chi connectivity index (χ1v) is 7.61. The second kappa shape index (κ2) is 5.81. The van der Waals surface area contributed by atoms with Crippen LogP contribution in [0.2, 0.25) is 0 Å². The van der Waals surface area contributed by atoms with Gasteiger partial charge in [-0.15, -0.1) is 0 Å². The first kappa shape index (κ1) is 15.2. The predicted molar refractivity (Wildman–Crippen MR) is 87.9 cm³/mol. The van der Waals surface area contributed by atoms with Crippen LogP contribution in [-0.2, 0) is 0 Å². The normalized spacial score (nSPS) is 10.7. The minimum absolute atomic E-state index is 0.120. The van der Waals surface area contributed by atoms with E-state index in [1.165, 1.54) is 18.3 Å². The molecule has 2 aromatic heterocycles. The molecule has 8 heteroatoms. The molecule has 0 saturated heterocycles. The average Bonchev–Trinajstić information content (AvgIpc) is 3.08. The second-order valence-electron chi connectivity index (χ2n) is 5.05. The Morgan fingerprint density at radius 1 is 1.39 bits per heavy atom. The third kappa shape index (κ3) is 2.93. The number of nitrogens with two attached hydrogens (primary N) is 1.